The van der Waals surface area contributed by atoms with Crippen LogP contribution in [0.1, 0.15) is 12.0 Å². The van der Waals surface area contributed by atoms with Crippen LogP contribution < -0.4 is 20.3 Å². The van der Waals surface area contributed by atoms with Crippen molar-refractivity contribution in [3.05, 3.63) is 87.9 Å². The molecule has 0 radical (unpaired) electrons. The van der Waals surface area contributed by atoms with E-state index in [0.717, 1.165) is 10.0 Å². The summed E-state index contributed by atoms with van der Waals surface area (Å²) in [6, 6.07) is 21.4. The van der Waals surface area contributed by atoms with Gasteiger partial charge < -0.3 is 20.3 Å². The Morgan fingerprint density at radius 3 is 2.37 bits per heavy atom. The third kappa shape index (κ3) is 6.83. The molecule has 7 nitrogen and oxygen atoms in total. The summed E-state index contributed by atoms with van der Waals surface area (Å²) in [5.41, 5.74) is 2.29. The maximum Gasteiger partial charge on any atom is 0.262 e. The molecule has 3 aromatic carbocycles. The molecular weight excluding hydrogens is 534 g/mol. The van der Waals surface area contributed by atoms with Crippen molar-refractivity contribution in [2.24, 2.45) is 5.92 Å². The van der Waals surface area contributed by atoms with Gasteiger partial charge in [-0.15, -0.1) is 0 Å². The fraction of sp³-hybridized carbons (Fsp3) is 0.192. The summed E-state index contributed by atoms with van der Waals surface area (Å²) in [4.78, 5) is 38.8. The van der Waals surface area contributed by atoms with Crippen LogP contribution >= 0.6 is 27.5 Å². The molecule has 1 aliphatic rings. The van der Waals surface area contributed by atoms with Crippen LogP contribution in [-0.4, -0.2) is 30.9 Å². The van der Waals surface area contributed by atoms with E-state index in [1.165, 1.54) is 0 Å². The first-order valence-electron chi connectivity index (χ1n) is 11.0. The largest absolute Gasteiger partial charge is 0.484 e. The molecular formula is C26H23BrClN3O4. The van der Waals surface area contributed by atoms with Crippen molar-refractivity contribution in [3.8, 4) is 5.75 Å². The minimum absolute atomic E-state index is 0.112. The van der Waals surface area contributed by atoms with Gasteiger partial charge in [0.15, 0.2) is 6.61 Å². The molecule has 1 atom stereocenters. The lowest BCUT2D eigenvalue weighted by atomic mass is 10.1. The number of anilines is 2. The second-order valence-electron chi connectivity index (χ2n) is 8.09. The molecule has 180 valence electrons. The molecule has 9 heteroatoms. The SMILES string of the molecule is O=C(COc1ccc(N2C[C@H](C(=O)NCc3ccc(Cl)cc3)CC2=O)cc1)Nc1ccc(Br)cc1. The van der Waals surface area contributed by atoms with E-state index in [-0.39, 0.29) is 30.7 Å². The van der Waals surface area contributed by atoms with Gasteiger partial charge >= 0.3 is 0 Å². The molecule has 0 spiro atoms. The summed E-state index contributed by atoms with van der Waals surface area (Å²) in [5, 5.41) is 6.28. The number of hydrogen-bond acceptors (Lipinski definition) is 4. The fourth-order valence-electron chi connectivity index (χ4n) is 3.67. The quantitative estimate of drug-likeness (QED) is 0.418. The van der Waals surface area contributed by atoms with Crippen molar-refractivity contribution in [1.82, 2.24) is 5.32 Å². The van der Waals surface area contributed by atoms with Crippen LogP contribution in [0, 0.1) is 5.92 Å². The van der Waals surface area contributed by atoms with E-state index in [9.17, 15) is 14.4 Å². The van der Waals surface area contributed by atoms with Crippen molar-refractivity contribution in [2.45, 2.75) is 13.0 Å². The topological polar surface area (TPSA) is 87.7 Å². The first kappa shape index (κ1) is 24.8. The Hall–Kier alpha value is -3.36. The number of carbonyl (C=O) groups is 3. The monoisotopic (exact) mass is 555 g/mol. The van der Waals surface area contributed by atoms with E-state index in [2.05, 4.69) is 26.6 Å². The molecule has 1 aliphatic heterocycles. The summed E-state index contributed by atoms with van der Waals surface area (Å²) in [7, 11) is 0. The van der Waals surface area contributed by atoms with Crippen LogP contribution in [0.5, 0.6) is 5.75 Å². The second-order valence-corrected chi connectivity index (χ2v) is 9.44. The van der Waals surface area contributed by atoms with Crippen LogP contribution in [0.25, 0.3) is 0 Å². The zero-order valence-corrected chi connectivity index (χ0v) is 21.0. The average molecular weight is 557 g/mol. The van der Waals surface area contributed by atoms with Gasteiger partial charge in [-0.3, -0.25) is 14.4 Å². The number of ether oxygens (including phenoxy) is 1. The normalized spacial score (nSPS) is 15.1. The first-order chi connectivity index (χ1) is 16.9. The molecule has 1 saturated heterocycles. The van der Waals surface area contributed by atoms with Gasteiger partial charge in [-0.05, 0) is 66.2 Å². The number of amides is 3. The highest BCUT2D eigenvalue weighted by Gasteiger charge is 2.35. The van der Waals surface area contributed by atoms with Crippen LogP contribution in [-0.2, 0) is 20.9 Å². The zero-order chi connectivity index (χ0) is 24.8. The Kier molecular flexibility index (Phi) is 8.05. The fourth-order valence-corrected chi connectivity index (χ4v) is 4.06. The van der Waals surface area contributed by atoms with E-state index in [1.807, 2.05) is 24.3 Å². The average Bonchev–Trinajstić information content (AvgIpc) is 3.25. The molecule has 0 saturated carbocycles. The van der Waals surface area contributed by atoms with E-state index in [4.69, 9.17) is 16.3 Å². The van der Waals surface area contributed by atoms with Gasteiger partial charge in [-0.25, -0.2) is 0 Å². The van der Waals surface area contributed by atoms with Crippen LogP contribution in [0.4, 0.5) is 11.4 Å². The van der Waals surface area contributed by atoms with Crippen molar-refractivity contribution < 1.29 is 19.1 Å². The molecule has 2 N–H and O–H groups in total. The summed E-state index contributed by atoms with van der Waals surface area (Å²) in [6.07, 6.45) is 0.154. The Bertz CT molecular complexity index is 1200. The predicted octanol–water partition coefficient (Wildman–Crippen LogP) is 4.79. The van der Waals surface area contributed by atoms with Crippen LogP contribution in [0.3, 0.4) is 0 Å². The van der Waals surface area contributed by atoms with E-state index < -0.39 is 5.92 Å². The maximum atomic E-state index is 12.6. The number of rotatable bonds is 8. The molecule has 3 amide bonds. The van der Waals surface area contributed by atoms with Crippen molar-refractivity contribution in [3.63, 3.8) is 0 Å². The van der Waals surface area contributed by atoms with Crippen molar-refractivity contribution in [2.75, 3.05) is 23.4 Å². The van der Waals surface area contributed by atoms with Gasteiger partial charge in [0.05, 0.1) is 5.92 Å². The second kappa shape index (κ2) is 11.4. The molecule has 1 heterocycles. The van der Waals surface area contributed by atoms with Gasteiger partial charge in [-0.1, -0.05) is 39.7 Å². The van der Waals surface area contributed by atoms with Gasteiger partial charge in [0.25, 0.3) is 5.91 Å². The van der Waals surface area contributed by atoms with Crippen LogP contribution in [0.2, 0.25) is 5.02 Å². The minimum Gasteiger partial charge on any atom is -0.484 e. The Morgan fingerprint density at radius 1 is 1.00 bits per heavy atom. The summed E-state index contributed by atoms with van der Waals surface area (Å²) < 4.78 is 6.48. The lowest BCUT2D eigenvalue weighted by Gasteiger charge is -2.17. The van der Waals surface area contributed by atoms with E-state index in [0.29, 0.717) is 35.2 Å². The first-order valence-corrected chi connectivity index (χ1v) is 12.2. The molecule has 0 aromatic heterocycles. The highest BCUT2D eigenvalue weighted by Crippen LogP contribution is 2.27. The smallest absolute Gasteiger partial charge is 0.262 e. The number of nitrogens with one attached hydrogen (secondary N) is 2. The van der Waals surface area contributed by atoms with Crippen LogP contribution in [0.15, 0.2) is 77.3 Å². The molecule has 3 aromatic rings. The number of nitrogens with zero attached hydrogens (tertiary/aromatic N) is 1. The number of halogens is 2. The van der Waals surface area contributed by atoms with Gasteiger partial charge in [-0.2, -0.15) is 0 Å². The van der Waals surface area contributed by atoms with Crippen molar-refractivity contribution >= 4 is 56.6 Å². The molecule has 4 rings (SSSR count). The molecule has 35 heavy (non-hydrogen) atoms. The van der Waals surface area contributed by atoms with Gasteiger partial charge in [0.1, 0.15) is 5.75 Å². The molecule has 0 aliphatic carbocycles. The summed E-state index contributed by atoms with van der Waals surface area (Å²) >= 11 is 9.24. The Balaban J connectivity index is 1.26. The molecule has 1 fully saturated rings. The lowest BCUT2D eigenvalue weighted by Crippen LogP contribution is -2.32. The van der Waals surface area contributed by atoms with E-state index in [1.54, 1.807) is 53.4 Å². The highest BCUT2D eigenvalue weighted by molar-refractivity contribution is 9.10. The molecule has 0 unspecified atom stereocenters. The maximum absolute atomic E-state index is 12.6. The standard InChI is InChI=1S/C26H23BrClN3O4/c27-19-3-7-21(8-4-19)30-24(32)16-35-23-11-9-22(10-12-23)31-15-18(13-25(31)33)26(34)29-14-17-1-5-20(28)6-2-17/h1-12,18H,13-16H2,(H,29,34)(H,30,32)/t18-/m1/s1. The third-order valence-electron chi connectivity index (χ3n) is 5.52. The predicted molar refractivity (Wildman–Crippen MR) is 138 cm³/mol. The Morgan fingerprint density at radius 2 is 1.69 bits per heavy atom. The number of hydrogen-bond donors (Lipinski definition) is 2. The Labute approximate surface area is 216 Å². The number of carbonyl (C=O) groups excluding carboxylic acids is 3. The third-order valence-corrected chi connectivity index (χ3v) is 6.30. The highest BCUT2D eigenvalue weighted by atomic mass is 79.9. The van der Waals surface area contributed by atoms with Gasteiger partial charge in [0, 0.05) is 40.4 Å². The minimum atomic E-state index is -0.423. The molecule has 0 bridgehead atoms. The van der Waals surface area contributed by atoms with Crippen molar-refractivity contribution in [1.29, 1.82) is 0 Å². The lowest BCUT2D eigenvalue weighted by molar-refractivity contribution is -0.126. The summed E-state index contributed by atoms with van der Waals surface area (Å²) in [6.45, 7) is 0.539. The number of benzene rings is 3. The zero-order valence-electron chi connectivity index (χ0n) is 18.7. The van der Waals surface area contributed by atoms with E-state index >= 15 is 0 Å². The van der Waals surface area contributed by atoms with Gasteiger partial charge in [0.2, 0.25) is 11.8 Å². The summed E-state index contributed by atoms with van der Waals surface area (Å²) in [5.74, 6) is -0.470.